The molecule has 0 saturated carbocycles. The lowest BCUT2D eigenvalue weighted by atomic mass is 10.0. The van der Waals surface area contributed by atoms with E-state index in [4.69, 9.17) is 4.74 Å². The average Bonchev–Trinajstić information content (AvgIpc) is 2.32. The number of rotatable bonds is 12. The first-order chi connectivity index (χ1) is 8.66. The Morgan fingerprint density at radius 1 is 0.944 bits per heavy atom. The molecule has 0 aliphatic heterocycles. The van der Waals surface area contributed by atoms with Crippen LogP contribution in [0.3, 0.4) is 0 Å². The Morgan fingerprint density at radius 3 is 2.28 bits per heavy atom. The quantitative estimate of drug-likeness (QED) is 0.358. The zero-order valence-electron chi connectivity index (χ0n) is 12.7. The molecule has 0 aromatic heterocycles. The monoisotopic (exact) mass is 256 g/mol. The van der Waals surface area contributed by atoms with Crippen LogP contribution in [0.1, 0.15) is 85.0 Å². The fourth-order valence-electron chi connectivity index (χ4n) is 1.96. The molecule has 0 atom stereocenters. The van der Waals surface area contributed by atoms with E-state index in [1.54, 1.807) is 0 Å². The molecule has 0 heterocycles. The maximum absolute atomic E-state index is 11.3. The third kappa shape index (κ3) is 13.5. The molecule has 0 saturated heterocycles. The van der Waals surface area contributed by atoms with Crippen LogP contribution in [0.2, 0.25) is 0 Å². The van der Waals surface area contributed by atoms with Gasteiger partial charge < -0.3 is 4.74 Å². The van der Waals surface area contributed by atoms with Crippen LogP contribution in [0, 0.1) is 5.92 Å². The van der Waals surface area contributed by atoms with E-state index >= 15 is 0 Å². The van der Waals surface area contributed by atoms with Crippen molar-refractivity contribution in [2.75, 3.05) is 6.61 Å². The zero-order valence-corrected chi connectivity index (χ0v) is 12.7. The Kier molecular flexibility index (Phi) is 12.5. The molecule has 108 valence electrons. The van der Waals surface area contributed by atoms with Gasteiger partial charge in [0.1, 0.15) is 0 Å². The van der Waals surface area contributed by atoms with E-state index in [0.717, 1.165) is 31.6 Å². The maximum atomic E-state index is 11.3. The summed E-state index contributed by atoms with van der Waals surface area (Å²) in [5, 5.41) is 0. The summed E-state index contributed by atoms with van der Waals surface area (Å²) < 4.78 is 5.19. The van der Waals surface area contributed by atoms with Gasteiger partial charge in [-0.3, -0.25) is 4.79 Å². The molecule has 0 spiro atoms. The lowest BCUT2D eigenvalue weighted by Gasteiger charge is -2.05. The molecule has 0 bridgehead atoms. The predicted octanol–water partition coefficient (Wildman–Crippen LogP) is 5.11. The summed E-state index contributed by atoms with van der Waals surface area (Å²) in [6, 6.07) is 0. The third-order valence-corrected chi connectivity index (χ3v) is 3.17. The summed E-state index contributed by atoms with van der Waals surface area (Å²) in [4.78, 5) is 11.3. The minimum absolute atomic E-state index is 0.0109. The molecule has 0 aliphatic carbocycles. The van der Waals surface area contributed by atoms with Crippen LogP contribution >= 0.6 is 0 Å². The highest BCUT2D eigenvalue weighted by atomic mass is 16.5. The van der Waals surface area contributed by atoms with Crippen LogP contribution in [-0.4, -0.2) is 12.6 Å². The van der Waals surface area contributed by atoms with Gasteiger partial charge in [-0.25, -0.2) is 0 Å². The first-order valence-electron chi connectivity index (χ1n) is 7.82. The number of carbonyl (C=O) groups excluding carboxylic acids is 1. The molecule has 0 unspecified atom stereocenters. The standard InChI is InChI=1S/C16H32O2/c1-4-5-9-13-16(17)18-14-11-8-6-7-10-12-15(2)3/h15H,4-14H2,1-3H3. The summed E-state index contributed by atoms with van der Waals surface area (Å²) in [5.41, 5.74) is 0. The average molecular weight is 256 g/mol. The van der Waals surface area contributed by atoms with Gasteiger partial charge in [-0.1, -0.05) is 65.7 Å². The van der Waals surface area contributed by atoms with Gasteiger partial charge in [0.2, 0.25) is 0 Å². The number of hydrogen-bond donors (Lipinski definition) is 0. The van der Waals surface area contributed by atoms with Gasteiger partial charge in [0.15, 0.2) is 0 Å². The smallest absolute Gasteiger partial charge is 0.305 e. The molecule has 18 heavy (non-hydrogen) atoms. The summed E-state index contributed by atoms with van der Waals surface area (Å²) in [5.74, 6) is 0.817. The van der Waals surface area contributed by atoms with Crippen LogP contribution in [-0.2, 0) is 9.53 Å². The Morgan fingerprint density at radius 2 is 1.61 bits per heavy atom. The zero-order chi connectivity index (χ0) is 13.6. The third-order valence-electron chi connectivity index (χ3n) is 3.17. The van der Waals surface area contributed by atoms with E-state index in [-0.39, 0.29) is 5.97 Å². The summed E-state index contributed by atoms with van der Waals surface area (Å²) in [6.07, 6.45) is 11.4. The van der Waals surface area contributed by atoms with Crippen molar-refractivity contribution in [3.8, 4) is 0 Å². The Bertz CT molecular complexity index is 188. The van der Waals surface area contributed by atoms with Crippen molar-refractivity contribution in [1.29, 1.82) is 0 Å². The van der Waals surface area contributed by atoms with Gasteiger partial charge in [-0.15, -0.1) is 0 Å². The lowest BCUT2D eigenvalue weighted by molar-refractivity contribution is -0.143. The topological polar surface area (TPSA) is 26.3 Å². The summed E-state index contributed by atoms with van der Waals surface area (Å²) in [6.45, 7) is 7.32. The number of hydrogen-bond acceptors (Lipinski definition) is 2. The second-order valence-corrected chi connectivity index (χ2v) is 5.63. The molecule has 0 aromatic carbocycles. The van der Waals surface area contributed by atoms with E-state index in [1.807, 2.05) is 0 Å². The van der Waals surface area contributed by atoms with Gasteiger partial charge in [0.05, 0.1) is 6.61 Å². The SMILES string of the molecule is CCCCCC(=O)OCCCCCCCC(C)C. The molecule has 2 nitrogen and oxygen atoms in total. The van der Waals surface area contributed by atoms with Crippen LogP contribution in [0.25, 0.3) is 0 Å². The van der Waals surface area contributed by atoms with Crippen molar-refractivity contribution in [2.24, 2.45) is 5.92 Å². The highest BCUT2D eigenvalue weighted by molar-refractivity contribution is 5.69. The highest BCUT2D eigenvalue weighted by Crippen LogP contribution is 2.10. The molecule has 0 amide bonds. The second-order valence-electron chi connectivity index (χ2n) is 5.63. The van der Waals surface area contributed by atoms with Gasteiger partial charge in [0.25, 0.3) is 0 Å². The summed E-state index contributed by atoms with van der Waals surface area (Å²) >= 11 is 0. The van der Waals surface area contributed by atoms with Crippen LogP contribution in [0.4, 0.5) is 0 Å². The Balaban J connectivity index is 3.12. The molecule has 0 aromatic rings. The van der Waals surface area contributed by atoms with Crippen molar-refractivity contribution in [3.05, 3.63) is 0 Å². The van der Waals surface area contributed by atoms with Gasteiger partial charge >= 0.3 is 5.97 Å². The fourth-order valence-corrected chi connectivity index (χ4v) is 1.96. The van der Waals surface area contributed by atoms with Gasteiger partial charge in [0, 0.05) is 6.42 Å². The minimum Gasteiger partial charge on any atom is -0.466 e. The molecule has 0 aliphatic rings. The molecular weight excluding hydrogens is 224 g/mol. The van der Waals surface area contributed by atoms with E-state index in [9.17, 15) is 4.79 Å². The molecule has 2 heteroatoms. The normalized spacial score (nSPS) is 10.9. The first-order valence-corrected chi connectivity index (χ1v) is 7.82. The molecule has 0 radical (unpaired) electrons. The number of esters is 1. The minimum atomic E-state index is -0.0109. The highest BCUT2D eigenvalue weighted by Gasteiger charge is 2.01. The molecule has 0 N–H and O–H groups in total. The van der Waals surface area contributed by atoms with Gasteiger partial charge in [-0.05, 0) is 18.8 Å². The van der Waals surface area contributed by atoms with Gasteiger partial charge in [-0.2, -0.15) is 0 Å². The Labute approximate surface area is 113 Å². The summed E-state index contributed by atoms with van der Waals surface area (Å²) in [7, 11) is 0. The largest absolute Gasteiger partial charge is 0.466 e. The van der Waals surface area contributed by atoms with Crippen molar-refractivity contribution >= 4 is 5.97 Å². The Hall–Kier alpha value is -0.530. The van der Waals surface area contributed by atoms with E-state index in [0.29, 0.717) is 13.0 Å². The van der Waals surface area contributed by atoms with E-state index in [1.165, 1.54) is 32.1 Å². The lowest BCUT2D eigenvalue weighted by Crippen LogP contribution is -2.05. The van der Waals surface area contributed by atoms with Crippen molar-refractivity contribution in [3.63, 3.8) is 0 Å². The van der Waals surface area contributed by atoms with Crippen molar-refractivity contribution in [2.45, 2.75) is 85.0 Å². The van der Waals surface area contributed by atoms with E-state index in [2.05, 4.69) is 20.8 Å². The van der Waals surface area contributed by atoms with Crippen molar-refractivity contribution < 1.29 is 9.53 Å². The molecule has 0 rings (SSSR count). The molecular formula is C16H32O2. The number of carbonyl (C=O) groups is 1. The first kappa shape index (κ1) is 17.5. The number of unbranched alkanes of at least 4 members (excludes halogenated alkanes) is 6. The predicted molar refractivity (Wildman–Crippen MR) is 77.6 cm³/mol. The van der Waals surface area contributed by atoms with Crippen LogP contribution in [0.15, 0.2) is 0 Å². The van der Waals surface area contributed by atoms with Crippen LogP contribution < -0.4 is 0 Å². The fraction of sp³-hybridized carbons (Fsp3) is 0.938. The second kappa shape index (κ2) is 12.9. The number of ether oxygens (including phenoxy) is 1. The molecule has 0 fully saturated rings. The van der Waals surface area contributed by atoms with Crippen molar-refractivity contribution in [1.82, 2.24) is 0 Å². The van der Waals surface area contributed by atoms with E-state index < -0.39 is 0 Å². The van der Waals surface area contributed by atoms with Crippen LogP contribution in [0.5, 0.6) is 0 Å². The maximum Gasteiger partial charge on any atom is 0.305 e.